The van der Waals surface area contributed by atoms with Crippen LogP contribution < -0.4 is 31.1 Å². The Kier molecular flexibility index (Phi) is 9.34. The van der Waals surface area contributed by atoms with Crippen molar-refractivity contribution in [3.05, 3.63) is 57.1 Å². The van der Waals surface area contributed by atoms with Crippen molar-refractivity contribution in [2.24, 2.45) is 11.8 Å². The van der Waals surface area contributed by atoms with E-state index in [9.17, 15) is 14.0 Å². The molecule has 2 unspecified atom stereocenters. The van der Waals surface area contributed by atoms with Gasteiger partial charge in [0.05, 0.1) is 36.4 Å². The van der Waals surface area contributed by atoms with Gasteiger partial charge in [-0.2, -0.15) is 0 Å². The number of pyridine rings is 2. The second-order valence-electron chi connectivity index (χ2n) is 11.1. The minimum atomic E-state index is -0.918. The molecule has 3 aromatic rings. The Labute approximate surface area is 254 Å². The Balaban J connectivity index is 1.50. The van der Waals surface area contributed by atoms with Gasteiger partial charge in [-0.1, -0.05) is 25.4 Å². The highest BCUT2D eigenvalue weighted by Crippen LogP contribution is 2.38. The summed E-state index contributed by atoms with van der Waals surface area (Å²) >= 11 is 6.56. The van der Waals surface area contributed by atoms with Crippen LogP contribution in [0.2, 0.25) is 5.02 Å². The minimum Gasteiger partial charge on any atom is -0.478 e. The number of aromatic nitrogens is 2. The van der Waals surface area contributed by atoms with Crippen LogP contribution in [-0.4, -0.2) is 74.2 Å². The lowest BCUT2D eigenvalue weighted by Crippen LogP contribution is -2.46. The van der Waals surface area contributed by atoms with E-state index in [2.05, 4.69) is 20.8 Å². The zero-order valence-corrected chi connectivity index (χ0v) is 25.1. The number of hydrogen-bond donors (Lipinski definition) is 3. The highest BCUT2D eigenvalue weighted by molar-refractivity contribution is 6.33. The fourth-order valence-electron chi connectivity index (χ4n) is 5.59. The summed E-state index contributed by atoms with van der Waals surface area (Å²) in [6, 6.07) is 8.63. The third kappa shape index (κ3) is 6.69. The van der Waals surface area contributed by atoms with Crippen LogP contribution >= 0.6 is 11.6 Å². The van der Waals surface area contributed by atoms with Crippen LogP contribution in [0.1, 0.15) is 13.8 Å². The van der Waals surface area contributed by atoms with E-state index < -0.39 is 6.17 Å². The molecule has 0 radical (unpaired) electrons. The zero-order chi connectivity index (χ0) is 30.7. The summed E-state index contributed by atoms with van der Waals surface area (Å²) in [6.07, 6.45) is -1.13. The fraction of sp³-hybridized carbons (Fsp3) is 0.467. The molecule has 5 rings (SSSR count). The van der Waals surface area contributed by atoms with E-state index in [0.717, 1.165) is 6.54 Å². The Morgan fingerprint density at radius 1 is 1.28 bits per heavy atom. The molecule has 2 aromatic heterocycles. The predicted octanol–water partition coefficient (Wildman–Crippen LogP) is 3.89. The highest BCUT2D eigenvalue weighted by Gasteiger charge is 2.33. The molecule has 11 nitrogen and oxygen atoms in total. The number of rotatable bonds is 8. The van der Waals surface area contributed by atoms with Crippen molar-refractivity contribution in [3.8, 4) is 5.75 Å². The van der Waals surface area contributed by atoms with Crippen LogP contribution in [0.25, 0.3) is 15.7 Å². The number of amides is 1. The summed E-state index contributed by atoms with van der Waals surface area (Å²) in [5, 5.41) is 9.95. The summed E-state index contributed by atoms with van der Waals surface area (Å²) in [5.74, 6) is 0.0645. The number of hydrogen-bond acceptors (Lipinski definition) is 8. The number of alkyl halides is 1. The molecule has 1 amide bonds. The Hall–Kier alpha value is -3.92. The normalized spacial score (nSPS) is 22.2. The monoisotopic (exact) mass is 611 g/mol. The molecular weight excluding hydrogens is 577 g/mol. The summed E-state index contributed by atoms with van der Waals surface area (Å²) in [5.41, 5.74) is 1.23. The van der Waals surface area contributed by atoms with Crippen molar-refractivity contribution in [2.75, 3.05) is 56.7 Å². The maximum atomic E-state index is 14.5. The number of carbonyl (C=O) groups is 1. The van der Waals surface area contributed by atoms with Crippen LogP contribution in [0.4, 0.5) is 27.4 Å². The molecule has 13 heteroatoms. The van der Waals surface area contributed by atoms with E-state index in [1.165, 1.54) is 7.05 Å². The van der Waals surface area contributed by atoms with Gasteiger partial charge in [-0.05, 0) is 30.3 Å². The van der Waals surface area contributed by atoms with E-state index in [1.54, 1.807) is 16.7 Å². The molecule has 0 saturated carbocycles. The first-order valence-electron chi connectivity index (χ1n) is 14.3. The maximum absolute atomic E-state index is 14.5. The molecular formula is C30H35ClFN7O4. The van der Waals surface area contributed by atoms with Gasteiger partial charge >= 0.3 is 0 Å². The van der Waals surface area contributed by atoms with Gasteiger partial charge < -0.3 is 34.9 Å². The molecule has 0 aliphatic carbocycles. The van der Waals surface area contributed by atoms with Crippen molar-refractivity contribution < 1.29 is 18.7 Å². The van der Waals surface area contributed by atoms with Crippen molar-refractivity contribution in [1.82, 2.24) is 20.2 Å². The van der Waals surface area contributed by atoms with Crippen LogP contribution in [-0.2, 0) is 16.1 Å². The van der Waals surface area contributed by atoms with Gasteiger partial charge in [-0.3, -0.25) is 9.59 Å². The number of ether oxygens (including phenoxy) is 2. The molecule has 2 saturated heterocycles. The number of carbonyl (C=O) groups excluding carboxylic acids is 1. The molecule has 43 heavy (non-hydrogen) atoms. The molecule has 0 spiro atoms. The third-order valence-electron chi connectivity index (χ3n) is 7.81. The van der Waals surface area contributed by atoms with Gasteiger partial charge in [0.25, 0.3) is 11.5 Å². The lowest BCUT2D eigenvalue weighted by molar-refractivity contribution is -0.122. The first-order chi connectivity index (χ1) is 20.7. The molecule has 2 aliphatic rings. The second-order valence-corrected chi connectivity index (χ2v) is 11.5. The third-order valence-corrected chi connectivity index (χ3v) is 8.10. The standard InChI is InChI=1S/C30H35ClFN7O4/c1-17-13-38(14-18(2)27(17)32)29-23(33-3)11-22(31)28(37-29)36-20-5-6-24-19(9-20)10-25(43-16-26(40)34-4)30(41)39(24)15-21-12-35-7-8-42-21/h5-6,9-11,17-18,21,27,35H,7-8,12-16H2,1-2,4H3,(H,34,40)(H,36,37)/t17-,18+,21?,27?. The number of morpholine rings is 1. The van der Waals surface area contributed by atoms with Crippen molar-refractivity contribution in [3.63, 3.8) is 0 Å². The number of benzene rings is 1. The highest BCUT2D eigenvalue weighted by atomic mass is 35.5. The predicted molar refractivity (Wildman–Crippen MR) is 165 cm³/mol. The maximum Gasteiger partial charge on any atom is 0.293 e. The van der Waals surface area contributed by atoms with E-state index in [4.69, 9.17) is 32.6 Å². The molecule has 228 valence electrons. The molecule has 1 aromatic carbocycles. The SMILES string of the molecule is [C-]#[N+]c1cc(Cl)c(Nc2ccc3c(c2)cc(OCC(=O)NC)c(=O)n3CC2CNCCO2)nc1N1C[C@@H](C)C(F)[C@@H](C)C1. The van der Waals surface area contributed by atoms with E-state index in [1.807, 2.05) is 36.9 Å². The number of nitrogens with zero attached hydrogens (tertiary/aromatic N) is 4. The van der Waals surface area contributed by atoms with Crippen LogP contribution in [0.15, 0.2) is 35.1 Å². The van der Waals surface area contributed by atoms with Crippen molar-refractivity contribution in [1.29, 1.82) is 0 Å². The lowest BCUT2D eigenvalue weighted by atomic mass is 9.89. The van der Waals surface area contributed by atoms with Gasteiger partial charge in [-0.25, -0.2) is 14.2 Å². The summed E-state index contributed by atoms with van der Waals surface area (Å²) in [6.45, 7) is 14.2. The largest absolute Gasteiger partial charge is 0.478 e. The number of fused-ring (bicyclic) bond motifs is 1. The molecule has 4 heterocycles. The Bertz CT molecular complexity index is 1590. The van der Waals surface area contributed by atoms with Crippen LogP contribution in [0, 0.1) is 18.4 Å². The fourth-order valence-corrected chi connectivity index (χ4v) is 5.79. The van der Waals surface area contributed by atoms with Crippen LogP contribution in [0.5, 0.6) is 5.75 Å². The molecule has 2 aliphatic heterocycles. The Morgan fingerprint density at radius 2 is 2.05 bits per heavy atom. The average molecular weight is 612 g/mol. The number of anilines is 3. The summed E-state index contributed by atoms with van der Waals surface area (Å²) in [7, 11) is 1.50. The number of halogens is 2. The summed E-state index contributed by atoms with van der Waals surface area (Å²) in [4.78, 5) is 35.6. The van der Waals surface area contributed by atoms with Gasteiger partial charge in [0.2, 0.25) is 5.69 Å². The topological polar surface area (TPSA) is 114 Å². The van der Waals surface area contributed by atoms with Crippen LogP contribution in [0.3, 0.4) is 0 Å². The van der Waals surface area contributed by atoms with Gasteiger partial charge in [0, 0.05) is 56.1 Å². The number of nitrogens with one attached hydrogen (secondary N) is 3. The number of piperidine rings is 1. The van der Waals surface area contributed by atoms with E-state index in [-0.39, 0.29) is 46.8 Å². The first kappa shape index (κ1) is 30.5. The van der Waals surface area contributed by atoms with Crippen molar-refractivity contribution in [2.45, 2.75) is 32.7 Å². The first-order valence-corrected chi connectivity index (χ1v) is 14.6. The smallest absolute Gasteiger partial charge is 0.293 e. The van der Waals surface area contributed by atoms with E-state index in [0.29, 0.717) is 66.7 Å². The molecule has 3 N–H and O–H groups in total. The molecule has 4 atom stereocenters. The Morgan fingerprint density at radius 3 is 2.72 bits per heavy atom. The van der Waals surface area contributed by atoms with Gasteiger partial charge in [0.15, 0.2) is 12.4 Å². The van der Waals surface area contributed by atoms with E-state index >= 15 is 0 Å². The van der Waals surface area contributed by atoms with Crippen molar-refractivity contribution >= 4 is 51.4 Å². The summed E-state index contributed by atoms with van der Waals surface area (Å²) < 4.78 is 27.6. The lowest BCUT2D eigenvalue weighted by Gasteiger charge is -2.39. The van der Waals surface area contributed by atoms with Gasteiger partial charge in [-0.15, -0.1) is 0 Å². The van der Waals surface area contributed by atoms with Gasteiger partial charge in [0.1, 0.15) is 17.8 Å². The second kappa shape index (κ2) is 13.2. The molecule has 0 bridgehead atoms. The average Bonchev–Trinajstić information content (AvgIpc) is 3.01. The quantitative estimate of drug-likeness (QED) is 0.329. The molecule has 2 fully saturated rings. The zero-order valence-electron chi connectivity index (χ0n) is 24.3. The number of likely N-dealkylation sites (N-methyl/N-ethyl adjacent to an activating group) is 1. The minimum absolute atomic E-state index is 0.0383.